The number of allylic oxidation sites excluding steroid dienone is 1. The molecule has 18 nitrogen and oxygen atoms in total. The van der Waals surface area contributed by atoms with Gasteiger partial charge in [-0.05, 0) is 68.3 Å². The summed E-state index contributed by atoms with van der Waals surface area (Å²) in [5, 5.41) is 70.8. The summed E-state index contributed by atoms with van der Waals surface area (Å²) < 4.78 is 23.3. The monoisotopic (exact) mass is 855 g/mol. The maximum Gasteiger partial charge on any atom is 0.337 e. The molecule has 3 aliphatic rings. The van der Waals surface area contributed by atoms with E-state index in [1.165, 1.54) is 48.6 Å². The number of aliphatic hydroxyl groups excluding tert-OH is 3. The third-order valence-corrected chi connectivity index (χ3v) is 10.8. The quantitative estimate of drug-likeness (QED) is 0.0280. The number of phenolic OH excluding ortho intramolecular Hbond substituents is 1. The summed E-state index contributed by atoms with van der Waals surface area (Å²) in [5.41, 5.74) is 1.90. The molecule has 0 aliphatic carbocycles. The number of fused-ring (bicyclic) bond motifs is 2. The second-order valence-electron chi connectivity index (χ2n) is 15.1. The number of rotatable bonds is 16. The Kier molecular flexibility index (Phi) is 12.7. The molecule has 8 unspecified atom stereocenters. The molecule has 0 bridgehead atoms. The van der Waals surface area contributed by atoms with Gasteiger partial charge in [0.05, 0.1) is 35.0 Å². The highest BCUT2D eigenvalue weighted by Crippen LogP contribution is 2.44. The number of aryl methyl sites for hydroxylation is 2. The van der Waals surface area contributed by atoms with Crippen molar-refractivity contribution >= 4 is 41.1 Å². The molecule has 0 saturated carbocycles. The molecule has 1 saturated heterocycles. The fraction of sp³-hybridized carbons (Fsp3) is 0.341. The highest BCUT2D eigenvalue weighted by atomic mass is 16.8. The third kappa shape index (κ3) is 8.49. The molecule has 4 aromatic rings. The number of carboxylic acid groups (broad SMARTS) is 1. The van der Waals surface area contributed by atoms with Crippen LogP contribution in [0.1, 0.15) is 36.5 Å². The van der Waals surface area contributed by atoms with E-state index in [1.54, 1.807) is 24.4 Å². The first-order chi connectivity index (χ1) is 29.6. The molecule has 0 amide bonds. The Morgan fingerprint density at radius 3 is 2.47 bits per heavy atom. The predicted octanol–water partition coefficient (Wildman–Crippen LogP) is 2.24. The van der Waals surface area contributed by atoms with Crippen LogP contribution in [0.25, 0.3) is 27.8 Å². The molecule has 8 atom stereocenters. The minimum Gasteiger partial charge on any atom is -0.508 e. The number of hydrogen-bond donors (Lipinski definition) is 7. The Morgan fingerprint density at radius 2 is 1.79 bits per heavy atom. The predicted molar refractivity (Wildman–Crippen MR) is 219 cm³/mol. The smallest absolute Gasteiger partial charge is 0.337 e. The van der Waals surface area contributed by atoms with Crippen LogP contribution in [0.3, 0.4) is 0 Å². The maximum absolute atomic E-state index is 13.6. The maximum atomic E-state index is 13.6. The number of benzene rings is 3. The number of esters is 1. The van der Waals surface area contributed by atoms with Gasteiger partial charge >= 0.3 is 11.9 Å². The Bertz CT molecular complexity index is 2500. The van der Waals surface area contributed by atoms with Crippen LogP contribution in [-0.2, 0) is 28.7 Å². The van der Waals surface area contributed by atoms with Crippen LogP contribution in [-0.4, -0.2) is 122 Å². The first-order valence-corrected chi connectivity index (χ1v) is 19.7. The average Bonchev–Trinajstić information content (AvgIpc) is 3.83. The highest BCUT2D eigenvalue weighted by Gasteiger charge is 2.64. The number of hydrogen-bond acceptors (Lipinski definition) is 17. The number of aromatic hydroxyl groups is 1. The summed E-state index contributed by atoms with van der Waals surface area (Å²) in [4.78, 5) is 60.5. The topological polar surface area (TPSA) is 267 Å². The van der Waals surface area contributed by atoms with Gasteiger partial charge in [0.2, 0.25) is 18.6 Å². The van der Waals surface area contributed by atoms with Gasteiger partial charge in [-0.15, -0.1) is 0 Å². The van der Waals surface area contributed by atoms with E-state index >= 15 is 0 Å². The lowest BCUT2D eigenvalue weighted by molar-refractivity contribution is -0.384. The molecule has 0 radical (unpaired) electrons. The number of nitrogens with zero attached hydrogens (tertiary/aromatic N) is 2. The fourth-order valence-electron chi connectivity index (χ4n) is 7.75. The summed E-state index contributed by atoms with van der Waals surface area (Å²) >= 11 is 0. The highest BCUT2D eigenvalue weighted by molar-refractivity contribution is 5.98. The van der Waals surface area contributed by atoms with Crippen LogP contribution in [0, 0.1) is 13.8 Å². The standard InChI is InChI=1S/C44H45N3O15/c1-4-32(50)44(57)38(52)37(42(56)61-41(55)34(40(53)54)45-13-5-15-48)60-43(39(44)62-47-20-25-12-14-46-33(25)35(47)26-17-22(2)16-23(3)18-26)59-28-10-11-29-31(19-28)58-21-30(36(29)51)24-6-8-27(49)9-7-24/h6-12,14-19,21,32,34,37-39,42-43,45,49-50,52,56-57H,4-5,13,20H2,1-3H3,(H,53,54). The summed E-state index contributed by atoms with van der Waals surface area (Å²) in [6.45, 7) is 5.19. The summed E-state index contributed by atoms with van der Waals surface area (Å²) in [6.07, 6.45) is -7.67. The molecule has 1 aromatic heterocycles. The van der Waals surface area contributed by atoms with E-state index in [1.807, 2.05) is 32.0 Å². The first-order valence-electron chi connectivity index (χ1n) is 19.7. The van der Waals surface area contributed by atoms with Crippen LogP contribution in [0.15, 0.2) is 98.5 Å². The first kappa shape index (κ1) is 43.8. The lowest BCUT2D eigenvalue weighted by Crippen LogP contribution is -2.74. The van der Waals surface area contributed by atoms with E-state index in [0.29, 0.717) is 28.8 Å². The van der Waals surface area contributed by atoms with Crippen molar-refractivity contribution in [2.24, 2.45) is 4.99 Å². The second-order valence-corrected chi connectivity index (χ2v) is 15.1. The minimum atomic E-state index is -2.79. The average molecular weight is 856 g/mol. The van der Waals surface area contributed by atoms with Crippen molar-refractivity contribution in [3.8, 4) is 22.6 Å². The molecule has 1 fully saturated rings. The van der Waals surface area contributed by atoms with Crippen molar-refractivity contribution in [1.29, 1.82) is 0 Å². The summed E-state index contributed by atoms with van der Waals surface area (Å²) in [6, 6.07) is 13.8. The zero-order valence-corrected chi connectivity index (χ0v) is 33.7. The van der Waals surface area contributed by atoms with Crippen LogP contribution >= 0.6 is 0 Å². The number of carbonyl (C=O) groups is 3. The zero-order valence-electron chi connectivity index (χ0n) is 33.7. The number of nitrogens with one attached hydrogen (secondary N) is 1. The van der Waals surface area contributed by atoms with Crippen LogP contribution in [0.5, 0.6) is 11.5 Å². The van der Waals surface area contributed by atoms with Crippen molar-refractivity contribution in [3.05, 3.63) is 111 Å². The van der Waals surface area contributed by atoms with E-state index in [9.17, 15) is 49.8 Å². The molecule has 4 heterocycles. The third-order valence-electron chi connectivity index (χ3n) is 10.8. The largest absolute Gasteiger partial charge is 0.508 e. The van der Waals surface area contributed by atoms with Crippen molar-refractivity contribution in [2.45, 2.75) is 82.3 Å². The van der Waals surface area contributed by atoms with Gasteiger partial charge in [-0.3, -0.25) is 19.9 Å². The van der Waals surface area contributed by atoms with E-state index in [2.05, 4.69) is 10.3 Å². The summed E-state index contributed by atoms with van der Waals surface area (Å²) in [7, 11) is 0. The number of phenols is 1. The van der Waals surface area contributed by atoms with Crippen molar-refractivity contribution in [2.75, 3.05) is 13.1 Å². The van der Waals surface area contributed by atoms with E-state index in [0.717, 1.165) is 16.7 Å². The molecule has 7 N–H and O–H groups in total. The lowest BCUT2D eigenvalue weighted by Gasteiger charge is -2.52. The van der Waals surface area contributed by atoms with E-state index < -0.39 is 66.0 Å². The van der Waals surface area contributed by atoms with Gasteiger partial charge in [0, 0.05) is 36.4 Å². The molecule has 3 aromatic carbocycles. The van der Waals surface area contributed by atoms with Gasteiger partial charge in [0.15, 0.2) is 23.2 Å². The van der Waals surface area contributed by atoms with Crippen LogP contribution in [0.2, 0.25) is 0 Å². The van der Waals surface area contributed by atoms with Crippen molar-refractivity contribution in [3.63, 3.8) is 0 Å². The molecule has 7 rings (SSSR count). The number of carbonyl (C=O) groups excluding carboxylic acids is 2. The van der Waals surface area contributed by atoms with Crippen molar-refractivity contribution in [1.82, 2.24) is 10.4 Å². The van der Waals surface area contributed by atoms with E-state index in [4.69, 9.17) is 23.5 Å². The number of hydroxylamine groups is 2. The minimum absolute atomic E-state index is 0.00980. The number of aldehydes is 1. The Hall–Kier alpha value is -6.25. The molecular formula is C44H45N3O15. The van der Waals surface area contributed by atoms with Gasteiger partial charge in [-0.25, -0.2) is 14.7 Å². The Morgan fingerprint density at radius 1 is 1.06 bits per heavy atom. The molecule has 18 heteroatoms. The normalized spacial score (nSPS) is 23.5. The van der Waals surface area contributed by atoms with Gasteiger partial charge in [0.1, 0.15) is 35.7 Å². The summed E-state index contributed by atoms with van der Waals surface area (Å²) in [5.74, 6) is -3.26. The number of aliphatic imine (C=N–C) groups is 1. The van der Waals surface area contributed by atoms with Crippen LogP contribution < -0.4 is 15.5 Å². The van der Waals surface area contributed by atoms with Gasteiger partial charge in [-0.1, -0.05) is 36.2 Å². The number of aliphatic hydroxyl groups is 4. The SMILES string of the molecule is CCC(O)C1(O)C(O)C(C(O)OC(=O)C(NCCC=O)C(=O)O)OC(Oc2ccc3c(=O)c(-c4ccc(O)cc4)coc3c2)C1ON1CC2=CC=NC2=C1c1cc(C)cc(C)c1. The van der Waals surface area contributed by atoms with E-state index in [-0.39, 0.29) is 54.0 Å². The molecule has 3 aliphatic heterocycles. The zero-order chi connectivity index (χ0) is 44.5. The molecule has 326 valence electrons. The van der Waals surface area contributed by atoms with Gasteiger partial charge in [0.25, 0.3) is 0 Å². The lowest BCUT2D eigenvalue weighted by atomic mass is 9.78. The number of carboxylic acids is 1. The number of ether oxygens (including phenoxy) is 3. The second kappa shape index (κ2) is 18.0. The fourth-order valence-corrected chi connectivity index (χ4v) is 7.75. The van der Waals surface area contributed by atoms with Crippen LogP contribution in [0.4, 0.5) is 0 Å². The Labute approximate surface area is 353 Å². The molecule has 62 heavy (non-hydrogen) atoms. The van der Waals surface area contributed by atoms with Gasteiger partial charge in [-0.2, -0.15) is 0 Å². The molecule has 0 spiro atoms. The van der Waals surface area contributed by atoms with Crippen molar-refractivity contribution < 1.29 is 68.5 Å². The van der Waals surface area contributed by atoms with Gasteiger partial charge < -0.3 is 54.1 Å². The molecular weight excluding hydrogens is 810 g/mol. The Balaban J connectivity index is 1.28. The number of aliphatic carboxylic acids is 1.